The van der Waals surface area contributed by atoms with E-state index >= 15 is 0 Å². The highest BCUT2D eigenvalue weighted by molar-refractivity contribution is 5.77. The summed E-state index contributed by atoms with van der Waals surface area (Å²) in [5, 5.41) is 10.8. The van der Waals surface area contributed by atoms with Crippen LogP contribution < -0.4 is 10.9 Å². The second kappa shape index (κ2) is 8.54. The molecule has 3 rings (SSSR count). The van der Waals surface area contributed by atoms with Crippen molar-refractivity contribution in [1.29, 1.82) is 0 Å². The number of carbonyl (C=O) groups is 1. The highest BCUT2D eigenvalue weighted by Crippen LogP contribution is 2.10. The summed E-state index contributed by atoms with van der Waals surface area (Å²) in [6, 6.07) is 7.00. The Hall–Kier alpha value is -3.07. The van der Waals surface area contributed by atoms with Crippen molar-refractivity contribution in [2.75, 3.05) is 13.7 Å². The molecule has 27 heavy (non-hydrogen) atoms. The minimum absolute atomic E-state index is 0.158. The summed E-state index contributed by atoms with van der Waals surface area (Å²) < 4.78 is 6.89. The number of hydrogen-bond acceptors (Lipinski definition) is 6. The first-order valence-corrected chi connectivity index (χ1v) is 8.72. The first-order chi connectivity index (χ1) is 13.1. The van der Waals surface area contributed by atoms with Crippen LogP contribution in [0.25, 0.3) is 11.0 Å². The molecule has 142 valence electrons. The van der Waals surface area contributed by atoms with Gasteiger partial charge in [0, 0.05) is 26.5 Å². The second-order valence-electron chi connectivity index (χ2n) is 6.19. The van der Waals surface area contributed by atoms with Gasteiger partial charge in [-0.1, -0.05) is 12.1 Å². The third kappa shape index (κ3) is 4.56. The van der Waals surface area contributed by atoms with Gasteiger partial charge < -0.3 is 19.6 Å². The summed E-state index contributed by atoms with van der Waals surface area (Å²) in [4.78, 5) is 31.6. The van der Waals surface area contributed by atoms with Gasteiger partial charge in [-0.15, -0.1) is 10.2 Å². The fourth-order valence-electron chi connectivity index (χ4n) is 2.81. The summed E-state index contributed by atoms with van der Waals surface area (Å²) in [6.45, 7) is 2.98. The lowest BCUT2D eigenvalue weighted by Gasteiger charge is -2.14. The molecule has 0 unspecified atom stereocenters. The fraction of sp³-hybridized carbons (Fsp3) is 0.389. The number of H-pyrrole nitrogens is 1. The molecule has 2 N–H and O–H groups in total. The Bertz CT molecular complexity index is 980. The van der Waals surface area contributed by atoms with Gasteiger partial charge in [-0.3, -0.25) is 9.59 Å². The number of nitrogens with one attached hydrogen (secondary N) is 2. The molecular weight excluding hydrogens is 348 g/mol. The monoisotopic (exact) mass is 370 g/mol. The largest absolute Gasteiger partial charge is 0.383 e. The highest BCUT2D eigenvalue weighted by Gasteiger charge is 2.16. The van der Waals surface area contributed by atoms with E-state index in [1.807, 2.05) is 29.7 Å². The van der Waals surface area contributed by atoms with E-state index in [1.54, 1.807) is 19.5 Å². The predicted octanol–water partition coefficient (Wildman–Crippen LogP) is 0.971. The molecule has 1 aromatic carbocycles. The normalized spacial score (nSPS) is 12.2. The summed E-state index contributed by atoms with van der Waals surface area (Å²) in [5.41, 5.74) is 1.46. The maximum Gasteiger partial charge on any atom is 0.270 e. The molecule has 0 aliphatic rings. The number of para-hydroxylation sites is 2. The van der Waals surface area contributed by atoms with E-state index in [1.165, 1.54) is 0 Å². The molecule has 3 aromatic rings. The molecule has 0 spiro atoms. The molecular formula is C18H22N6O3. The van der Waals surface area contributed by atoms with Gasteiger partial charge in [0.05, 0.1) is 23.7 Å². The molecule has 2 heterocycles. The summed E-state index contributed by atoms with van der Waals surface area (Å²) >= 11 is 0. The summed E-state index contributed by atoms with van der Waals surface area (Å²) in [7, 11) is 1.62. The van der Waals surface area contributed by atoms with Gasteiger partial charge in [0.1, 0.15) is 12.0 Å². The number of amides is 1. The number of aromatic amines is 1. The van der Waals surface area contributed by atoms with Gasteiger partial charge in [-0.25, -0.2) is 4.98 Å². The Kier molecular flexibility index (Phi) is 5.92. The van der Waals surface area contributed by atoms with Crippen LogP contribution in [0.15, 0.2) is 35.4 Å². The number of rotatable bonds is 8. The number of hydrogen-bond donors (Lipinski definition) is 2. The maximum atomic E-state index is 12.3. The molecule has 1 amide bonds. The van der Waals surface area contributed by atoms with Crippen LogP contribution in [0.4, 0.5) is 0 Å². The van der Waals surface area contributed by atoms with Crippen molar-refractivity contribution >= 4 is 16.9 Å². The molecule has 1 atom stereocenters. The number of methoxy groups -OCH3 is 1. The van der Waals surface area contributed by atoms with Crippen molar-refractivity contribution in [3.8, 4) is 0 Å². The molecule has 0 radical (unpaired) electrons. The number of aryl methyl sites for hydroxylation is 1. The Morgan fingerprint density at radius 1 is 1.37 bits per heavy atom. The first-order valence-electron chi connectivity index (χ1n) is 8.72. The molecule has 9 nitrogen and oxygen atoms in total. The Morgan fingerprint density at radius 3 is 3.00 bits per heavy atom. The van der Waals surface area contributed by atoms with E-state index in [0.29, 0.717) is 35.7 Å². The smallest absolute Gasteiger partial charge is 0.270 e. The minimum Gasteiger partial charge on any atom is -0.383 e. The van der Waals surface area contributed by atoms with Crippen molar-refractivity contribution in [3.05, 3.63) is 52.5 Å². The highest BCUT2D eigenvalue weighted by atomic mass is 16.5. The van der Waals surface area contributed by atoms with Crippen molar-refractivity contribution < 1.29 is 9.53 Å². The van der Waals surface area contributed by atoms with Gasteiger partial charge >= 0.3 is 0 Å². The molecule has 9 heteroatoms. The maximum absolute atomic E-state index is 12.3. The molecule has 0 fully saturated rings. The summed E-state index contributed by atoms with van der Waals surface area (Å²) in [5.74, 6) is 0.472. The molecule has 0 saturated heterocycles. The molecule has 0 aliphatic heterocycles. The van der Waals surface area contributed by atoms with Gasteiger partial charge in [0.15, 0.2) is 5.82 Å². The van der Waals surface area contributed by atoms with Gasteiger partial charge in [-0.05, 0) is 19.1 Å². The van der Waals surface area contributed by atoms with E-state index < -0.39 is 0 Å². The molecule has 0 aliphatic carbocycles. The number of ether oxygens (including phenoxy) is 1. The first kappa shape index (κ1) is 18.7. The van der Waals surface area contributed by atoms with E-state index in [9.17, 15) is 9.59 Å². The Morgan fingerprint density at radius 2 is 2.19 bits per heavy atom. The zero-order valence-electron chi connectivity index (χ0n) is 15.3. The van der Waals surface area contributed by atoms with E-state index in [2.05, 4.69) is 25.5 Å². The Balaban J connectivity index is 1.61. The van der Waals surface area contributed by atoms with Crippen molar-refractivity contribution in [2.24, 2.45) is 0 Å². The lowest BCUT2D eigenvalue weighted by atomic mass is 10.2. The third-order valence-electron chi connectivity index (χ3n) is 4.21. The van der Waals surface area contributed by atoms with Crippen LogP contribution in [-0.2, 0) is 22.5 Å². The SMILES string of the molecule is COCCn1cnnc1[C@H](C)NC(=O)CCc1nc2ccccc2[nH]c1=O. The lowest BCUT2D eigenvalue weighted by molar-refractivity contribution is -0.121. The quantitative estimate of drug-likeness (QED) is 0.611. The average molecular weight is 370 g/mol. The molecule has 2 aromatic heterocycles. The van der Waals surface area contributed by atoms with E-state index in [-0.39, 0.29) is 30.3 Å². The van der Waals surface area contributed by atoms with Crippen LogP contribution in [0.2, 0.25) is 0 Å². The number of nitrogens with zero attached hydrogens (tertiary/aromatic N) is 4. The minimum atomic E-state index is -0.306. The van der Waals surface area contributed by atoms with Crippen molar-refractivity contribution in [2.45, 2.75) is 32.4 Å². The topological polar surface area (TPSA) is 115 Å². The fourth-order valence-corrected chi connectivity index (χ4v) is 2.81. The van der Waals surface area contributed by atoms with Gasteiger partial charge in [-0.2, -0.15) is 0 Å². The molecule has 0 bridgehead atoms. The Labute approximate surface area is 155 Å². The number of carbonyl (C=O) groups excluding carboxylic acids is 1. The van der Waals surface area contributed by atoms with Crippen LogP contribution in [0.3, 0.4) is 0 Å². The van der Waals surface area contributed by atoms with Crippen LogP contribution in [0.1, 0.15) is 30.9 Å². The predicted molar refractivity (Wildman–Crippen MR) is 99.1 cm³/mol. The zero-order valence-corrected chi connectivity index (χ0v) is 15.3. The van der Waals surface area contributed by atoms with Gasteiger partial charge in [0.25, 0.3) is 5.56 Å². The summed E-state index contributed by atoms with van der Waals surface area (Å²) in [6.07, 6.45) is 2.02. The molecule has 0 saturated carbocycles. The second-order valence-corrected chi connectivity index (χ2v) is 6.19. The number of benzene rings is 1. The number of fused-ring (bicyclic) bond motifs is 1. The van der Waals surface area contributed by atoms with Crippen molar-refractivity contribution in [1.82, 2.24) is 30.0 Å². The zero-order chi connectivity index (χ0) is 19.2. The lowest BCUT2D eigenvalue weighted by Crippen LogP contribution is -2.29. The van der Waals surface area contributed by atoms with Crippen molar-refractivity contribution in [3.63, 3.8) is 0 Å². The number of aromatic nitrogens is 5. The van der Waals surface area contributed by atoms with Crippen LogP contribution in [-0.4, -0.2) is 44.4 Å². The van der Waals surface area contributed by atoms with E-state index in [4.69, 9.17) is 4.74 Å². The standard InChI is InChI=1S/C18H22N6O3/c1-12(17-23-19-11-24(17)9-10-27-2)20-16(25)8-7-15-18(26)22-14-6-4-3-5-13(14)21-15/h3-6,11-12H,7-10H2,1-2H3,(H,20,25)(H,22,26)/t12-/m0/s1. The van der Waals surface area contributed by atoms with Crippen LogP contribution in [0.5, 0.6) is 0 Å². The average Bonchev–Trinajstić information content (AvgIpc) is 3.13. The van der Waals surface area contributed by atoms with Crippen LogP contribution in [0, 0.1) is 0 Å². The van der Waals surface area contributed by atoms with Gasteiger partial charge in [0.2, 0.25) is 5.91 Å². The van der Waals surface area contributed by atoms with Crippen LogP contribution >= 0.6 is 0 Å². The third-order valence-corrected chi connectivity index (χ3v) is 4.21. The van der Waals surface area contributed by atoms with E-state index in [0.717, 1.165) is 0 Å².